The number of aliphatic hydroxyl groups is 1. The van der Waals surface area contributed by atoms with Crippen molar-refractivity contribution in [3.63, 3.8) is 0 Å². The van der Waals surface area contributed by atoms with E-state index in [1.165, 1.54) is 0 Å². The van der Waals surface area contributed by atoms with Gasteiger partial charge in [0.2, 0.25) is 11.8 Å². The average molecular weight is 608 g/mol. The predicted molar refractivity (Wildman–Crippen MR) is 173 cm³/mol. The molecule has 0 saturated heterocycles. The minimum Gasteiger partial charge on any atom is -0.444 e. The summed E-state index contributed by atoms with van der Waals surface area (Å²) < 4.78 is 5.36. The van der Waals surface area contributed by atoms with Crippen LogP contribution in [0.4, 0.5) is 4.79 Å². The molecule has 9 heteroatoms. The maximum atomic E-state index is 13.3. The standard InChI is InChI=1S/C34H45N3O5S/c1-22(2)19-27(29(38)21-43-30-18-12-16-25-15-10-11-17-26(25)30)36-31(39)23(3)35-32(40)28(20-24-13-8-7-9-14-24)37-33(41)42-34(4,5)6/h7-18,22-23,27-29,38H,19-21H2,1-6H3,(H,35,40)(H,36,39)(H,37,41)/t23-,27+,28-,29+/m0/s1. The van der Waals surface area contributed by atoms with Crippen LogP contribution >= 0.6 is 11.8 Å². The summed E-state index contributed by atoms with van der Waals surface area (Å²) in [4.78, 5) is 40.2. The summed E-state index contributed by atoms with van der Waals surface area (Å²) in [6.07, 6.45) is -0.733. The van der Waals surface area contributed by atoms with Crippen molar-refractivity contribution in [3.05, 3.63) is 78.4 Å². The van der Waals surface area contributed by atoms with Gasteiger partial charge in [0.05, 0.1) is 12.1 Å². The topological polar surface area (TPSA) is 117 Å². The second-order valence-electron chi connectivity index (χ2n) is 12.2. The van der Waals surface area contributed by atoms with Crippen molar-refractivity contribution in [1.29, 1.82) is 0 Å². The van der Waals surface area contributed by atoms with E-state index < -0.39 is 47.7 Å². The minimum atomic E-state index is -0.957. The zero-order chi connectivity index (χ0) is 31.6. The van der Waals surface area contributed by atoms with Crippen LogP contribution in [-0.2, 0) is 20.7 Å². The van der Waals surface area contributed by atoms with Crippen molar-refractivity contribution < 1.29 is 24.2 Å². The molecule has 0 saturated carbocycles. The third-order valence-electron chi connectivity index (χ3n) is 6.72. The first-order valence-corrected chi connectivity index (χ1v) is 15.7. The van der Waals surface area contributed by atoms with Gasteiger partial charge in [-0.3, -0.25) is 9.59 Å². The molecule has 0 aliphatic carbocycles. The highest BCUT2D eigenvalue weighted by molar-refractivity contribution is 7.99. The molecule has 0 aliphatic heterocycles. The van der Waals surface area contributed by atoms with E-state index >= 15 is 0 Å². The number of thioether (sulfide) groups is 1. The van der Waals surface area contributed by atoms with Gasteiger partial charge in [0.25, 0.3) is 0 Å². The largest absolute Gasteiger partial charge is 0.444 e. The van der Waals surface area contributed by atoms with Crippen molar-refractivity contribution >= 4 is 40.4 Å². The summed E-state index contributed by atoms with van der Waals surface area (Å²) in [6, 6.07) is 21.1. The molecule has 8 nitrogen and oxygen atoms in total. The van der Waals surface area contributed by atoms with Gasteiger partial charge >= 0.3 is 6.09 Å². The van der Waals surface area contributed by atoms with Crippen LogP contribution in [0.5, 0.6) is 0 Å². The number of nitrogens with one attached hydrogen (secondary N) is 3. The Hall–Kier alpha value is -3.56. The Labute approximate surface area is 259 Å². The smallest absolute Gasteiger partial charge is 0.408 e. The molecule has 4 N–H and O–H groups in total. The number of aliphatic hydroxyl groups excluding tert-OH is 1. The number of fused-ring (bicyclic) bond motifs is 1. The van der Waals surface area contributed by atoms with Crippen LogP contribution in [0.3, 0.4) is 0 Å². The van der Waals surface area contributed by atoms with E-state index in [4.69, 9.17) is 4.74 Å². The highest BCUT2D eigenvalue weighted by Crippen LogP contribution is 2.29. The zero-order valence-corrected chi connectivity index (χ0v) is 26.7. The lowest BCUT2D eigenvalue weighted by atomic mass is 9.99. The Morgan fingerprint density at radius 3 is 2.16 bits per heavy atom. The van der Waals surface area contributed by atoms with Crippen LogP contribution in [-0.4, -0.2) is 58.6 Å². The van der Waals surface area contributed by atoms with Gasteiger partial charge in [-0.2, -0.15) is 0 Å². The molecule has 0 unspecified atom stereocenters. The number of carbonyl (C=O) groups excluding carboxylic acids is 3. The number of amides is 3. The second kappa shape index (κ2) is 15.8. The molecule has 0 bridgehead atoms. The lowest BCUT2D eigenvalue weighted by Crippen LogP contribution is -2.56. The van der Waals surface area contributed by atoms with E-state index in [0.717, 1.165) is 21.2 Å². The molecule has 3 aromatic rings. The van der Waals surface area contributed by atoms with E-state index in [-0.39, 0.29) is 12.3 Å². The fourth-order valence-electron chi connectivity index (χ4n) is 4.63. The van der Waals surface area contributed by atoms with Gasteiger partial charge in [0.1, 0.15) is 17.7 Å². The third kappa shape index (κ3) is 11.2. The Morgan fingerprint density at radius 2 is 1.49 bits per heavy atom. The van der Waals surface area contributed by atoms with Gasteiger partial charge in [-0.05, 0) is 62.4 Å². The monoisotopic (exact) mass is 607 g/mol. The SMILES string of the molecule is CC(C)C[C@@H](NC(=O)[C@H](C)NC(=O)[C@H](Cc1ccccc1)NC(=O)OC(C)(C)C)[C@H](O)CSc1cccc2ccccc12. The Bertz CT molecular complexity index is 1350. The summed E-state index contributed by atoms with van der Waals surface area (Å²) in [7, 11) is 0. The molecule has 0 spiro atoms. The summed E-state index contributed by atoms with van der Waals surface area (Å²) in [6.45, 7) is 10.9. The van der Waals surface area contributed by atoms with Crippen molar-refractivity contribution in [1.82, 2.24) is 16.0 Å². The molecule has 0 aromatic heterocycles. The molecule has 4 atom stereocenters. The molecule has 43 heavy (non-hydrogen) atoms. The van der Waals surface area contributed by atoms with Crippen LogP contribution in [0.15, 0.2) is 77.7 Å². The molecule has 0 radical (unpaired) electrons. The number of ether oxygens (including phenoxy) is 1. The first-order valence-electron chi connectivity index (χ1n) is 14.7. The van der Waals surface area contributed by atoms with Crippen molar-refractivity contribution in [3.8, 4) is 0 Å². The number of alkyl carbamates (subject to hydrolysis) is 1. The first kappa shape index (κ1) is 33.9. The fourth-order valence-corrected chi connectivity index (χ4v) is 5.73. The van der Waals surface area contributed by atoms with E-state index in [2.05, 4.69) is 34.1 Å². The van der Waals surface area contributed by atoms with Crippen molar-refractivity contribution in [2.45, 2.75) is 89.1 Å². The molecule has 0 heterocycles. The Kier molecular flexibility index (Phi) is 12.5. The maximum Gasteiger partial charge on any atom is 0.408 e. The van der Waals surface area contributed by atoms with Gasteiger partial charge in [0.15, 0.2) is 0 Å². The number of benzene rings is 3. The molecule has 0 fully saturated rings. The van der Waals surface area contributed by atoms with Gasteiger partial charge in [-0.25, -0.2) is 4.79 Å². The van der Waals surface area contributed by atoms with Gasteiger partial charge in [-0.1, -0.05) is 80.6 Å². The quantitative estimate of drug-likeness (QED) is 0.192. The van der Waals surface area contributed by atoms with Gasteiger partial charge in [0, 0.05) is 17.1 Å². The molecule has 3 aromatic carbocycles. The fraction of sp³-hybridized carbons (Fsp3) is 0.441. The van der Waals surface area contributed by atoms with Crippen molar-refractivity contribution in [2.24, 2.45) is 5.92 Å². The lowest BCUT2D eigenvalue weighted by molar-refractivity contribution is -0.130. The number of rotatable bonds is 13. The van der Waals surface area contributed by atoms with Crippen LogP contribution < -0.4 is 16.0 Å². The van der Waals surface area contributed by atoms with Crippen LogP contribution in [0.25, 0.3) is 10.8 Å². The van der Waals surface area contributed by atoms with E-state index in [1.54, 1.807) is 39.5 Å². The molecular weight excluding hydrogens is 562 g/mol. The van der Waals surface area contributed by atoms with Crippen molar-refractivity contribution in [2.75, 3.05) is 5.75 Å². The minimum absolute atomic E-state index is 0.223. The average Bonchev–Trinajstić information content (AvgIpc) is 2.94. The summed E-state index contributed by atoms with van der Waals surface area (Å²) in [5.41, 5.74) is 0.114. The normalized spacial score (nSPS) is 14.4. The molecule has 232 valence electrons. The molecule has 3 rings (SSSR count). The number of carbonyl (C=O) groups is 3. The number of hydrogen-bond acceptors (Lipinski definition) is 6. The van der Waals surface area contributed by atoms with Crippen LogP contribution in [0.1, 0.15) is 53.5 Å². The lowest BCUT2D eigenvalue weighted by Gasteiger charge is -2.28. The second-order valence-corrected chi connectivity index (χ2v) is 13.3. The Morgan fingerprint density at radius 1 is 0.837 bits per heavy atom. The van der Waals surface area contributed by atoms with Gasteiger partial charge in [-0.15, -0.1) is 11.8 Å². The number of hydrogen-bond donors (Lipinski definition) is 4. The summed E-state index contributed by atoms with van der Waals surface area (Å²) in [5.74, 6) is -0.305. The molecular formula is C34H45N3O5S. The van der Waals surface area contributed by atoms with Gasteiger partial charge < -0.3 is 25.8 Å². The highest BCUT2D eigenvalue weighted by atomic mass is 32.2. The van der Waals surface area contributed by atoms with Crippen LogP contribution in [0, 0.1) is 5.92 Å². The van der Waals surface area contributed by atoms with E-state index in [9.17, 15) is 19.5 Å². The predicted octanol–water partition coefficient (Wildman–Crippen LogP) is 5.46. The Balaban J connectivity index is 1.65. The molecule has 3 amide bonds. The maximum absolute atomic E-state index is 13.3. The molecule has 0 aliphatic rings. The van der Waals surface area contributed by atoms with E-state index in [1.807, 2.05) is 68.4 Å². The third-order valence-corrected chi connectivity index (χ3v) is 7.89. The van der Waals surface area contributed by atoms with E-state index in [0.29, 0.717) is 12.2 Å². The first-order chi connectivity index (χ1) is 20.3. The summed E-state index contributed by atoms with van der Waals surface area (Å²) >= 11 is 1.55. The zero-order valence-electron chi connectivity index (χ0n) is 25.9. The summed E-state index contributed by atoms with van der Waals surface area (Å²) in [5, 5.41) is 21.8. The van der Waals surface area contributed by atoms with Crippen LogP contribution in [0.2, 0.25) is 0 Å². The highest BCUT2D eigenvalue weighted by Gasteiger charge is 2.29.